The van der Waals surface area contributed by atoms with Crippen LogP contribution < -0.4 is 0 Å². The molecular weight excluding hydrogens is 290 g/mol. The SMILES string of the molecule is CC(C)OC(=O)C=C(C#N)c1cccc(C(=O)O)c1C(=O)O. The van der Waals surface area contributed by atoms with Gasteiger partial charge in [-0.25, -0.2) is 14.4 Å². The maximum Gasteiger partial charge on any atom is 0.337 e. The fourth-order valence-electron chi connectivity index (χ4n) is 1.74. The van der Waals surface area contributed by atoms with Crippen molar-refractivity contribution in [2.24, 2.45) is 0 Å². The Bertz CT molecular complexity index is 696. The Kier molecular flexibility index (Phi) is 5.41. The maximum atomic E-state index is 11.6. The smallest absolute Gasteiger partial charge is 0.337 e. The van der Waals surface area contributed by atoms with Gasteiger partial charge in [-0.15, -0.1) is 0 Å². The number of carbonyl (C=O) groups is 3. The summed E-state index contributed by atoms with van der Waals surface area (Å²) >= 11 is 0. The molecule has 0 unspecified atom stereocenters. The summed E-state index contributed by atoms with van der Waals surface area (Å²) < 4.78 is 4.85. The molecule has 7 nitrogen and oxygen atoms in total. The highest BCUT2D eigenvalue weighted by Gasteiger charge is 2.22. The first-order chi connectivity index (χ1) is 10.3. The fourth-order valence-corrected chi connectivity index (χ4v) is 1.74. The Morgan fingerprint density at radius 3 is 2.23 bits per heavy atom. The quantitative estimate of drug-likeness (QED) is 0.483. The summed E-state index contributed by atoms with van der Waals surface area (Å²) in [6, 6.07) is 5.35. The van der Waals surface area contributed by atoms with Crippen molar-refractivity contribution in [3.63, 3.8) is 0 Å². The van der Waals surface area contributed by atoms with Gasteiger partial charge < -0.3 is 14.9 Å². The standard InChI is InChI=1S/C15H13NO6/c1-8(2)22-12(17)6-9(7-16)10-4-3-5-11(14(18)19)13(10)15(20)21/h3-6,8H,1-2H3,(H,18,19)(H,20,21). The van der Waals surface area contributed by atoms with Crippen LogP contribution in [0.4, 0.5) is 0 Å². The molecule has 0 aliphatic rings. The fraction of sp³-hybridized carbons (Fsp3) is 0.200. The number of nitrogens with zero attached hydrogens (tertiary/aromatic N) is 1. The van der Waals surface area contributed by atoms with E-state index in [1.807, 2.05) is 0 Å². The van der Waals surface area contributed by atoms with Crippen LogP contribution in [0.1, 0.15) is 40.1 Å². The molecule has 0 spiro atoms. The van der Waals surface area contributed by atoms with Gasteiger partial charge in [-0.3, -0.25) is 0 Å². The van der Waals surface area contributed by atoms with Crippen LogP contribution in [0.15, 0.2) is 24.3 Å². The number of ether oxygens (including phenoxy) is 1. The number of aromatic carboxylic acids is 2. The van der Waals surface area contributed by atoms with Crippen molar-refractivity contribution < 1.29 is 29.3 Å². The number of allylic oxidation sites excluding steroid dienone is 1. The van der Waals surface area contributed by atoms with Crippen molar-refractivity contribution in [3.8, 4) is 6.07 Å². The zero-order valence-corrected chi connectivity index (χ0v) is 11.9. The summed E-state index contributed by atoms with van der Waals surface area (Å²) in [4.78, 5) is 34.0. The van der Waals surface area contributed by atoms with Gasteiger partial charge in [0.15, 0.2) is 0 Å². The summed E-state index contributed by atoms with van der Waals surface area (Å²) in [5, 5.41) is 27.4. The van der Waals surface area contributed by atoms with E-state index in [4.69, 9.17) is 15.1 Å². The third-order valence-electron chi connectivity index (χ3n) is 2.53. The lowest BCUT2D eigenvalue weighted by Gasteiger charge is -2.09. The average molecular weight is 303 g/mol. The number of hydrogen-bond donors (Lipinski definition) is 2. The van der Waals surface area contributed by atoms with E-state index in [-0.39, 0.29) is 11.1 Å². The lowest BCUT2D eigenvalue weighted by molar-refractivity contribution is -0.141. The second-order valence-electron chi connectivity index (χ2n) is 4.49. The van der Waals surface area contributed by atoms with E-state index in [2.05, 4.69) is 0 Å². The molecule has 0 bridgehead atoms. The highest BCUT2D eigenvalue weighted by Crippen LogP contribution is 2.23. The lowest BCUT2D eigenvalue weighted by Crippen LogP contribution is -2.12. The predicted octanol–water partition coefficient (Wildman–Crippen LogP) is 1.94. The van der Waals surface area contributed by atoms with Crippen LogP contribution in [0, 0.1) is 11.3 Å². The Balaban J connectivity index is 3.47. The first-order valence-electron chi connectivity index (χ1n) is 6.20. The Morgan fingerprint density at radius 2 is 1.77 bits per heavy atom. The summed E-state index contributed by atoms with van der Waals surface area (Å²) in [5.41, 5.74) is -1.47. The van der Waals surface area contributed by atoms with E-state index in [1.54, 1.807) is 19.9 Å². The number of benzene rings is 1. The van der Waals surface area contributed by atoms with Crippen LogP contribution in [-0.4, -0.2) is 34.2 Å². The van der Waals surface area contributed by atoms with Gasteiger partial charge in [0.1, 0.15) is 6.07 Å². The van der Waals surface area contributed by atoms with Crippen molar-refractivity contribution in [2.75, 3.05) is 0 Å². The molecule has 114 valence electrons. The molecule has 0 aliphatic heterocycles. The summed E-state index contributed by atoms with van der Waals surface area (Å²) in [6.07, 6.45) is 0.431. The average Bonchev–Trinajstić information content (AvgIpc) is 2.42. The molecule has 1 aromatic carbocycles. The van der Waals surface area contributed by atoms with Gasteiger partial charge in [-0.05, 0) is 19.9 Å². The number of carbonyl (C=O) groups excluding carboxylic acids is 1. The molecule has 0 amide bonds. The Morgan fingerprint density at radius 1 is 1.18 bits per heavy atom. The van der Waals surface area contributed by atoms with E-state index in [0.29, 0.717) is 0 Å². The minimum absolute atomic E-state index is 0.157. The molecule has 0 saturated carbocycles. The number of carboxylic acid groups (broad SMARTS) is 2. The molecule has 0 saturated heterocycles. The zero-order chi connectivity index (χ0) is 16.9. The minimum Gasteiger partial charge on any atom is -0.478 e. The molecule has 0 atom stereocenters. The van der Waals surface area contributed by atoms with Crippen molar-refractivity contribution in [2.45, 2.75) is 20.0 Å². The molecule has 0 heterocycles. The van der Waals surface area contributed by atoms with Crippen LogP contribution in [0.3, 0.4) is 0 Å². The molecule has 0 radical (unpaired) electrons. The largest absolute Gasteiger partial charge is 0.478 e. The van der Waals surface area contributed by atoms with Crippen LogP contribution in [0.25, 0.3) is 5.57 Å². The Labute approximate surface area is 126 Å². The number of rotatable bonds is 5. The molecular formula is C15H13NO6. The number of hydrogen-bond acceptors (Lipinski definition) is 5. The molecule has 0 fully saturated rings. The molecule has 22 heavy (non-hydrogen) atoms. The van der Waals surface area contributed by atoms with Crippen LogP contribution in [-0.2, 0) is 9.53 Å². The molecule has 7 heteroatoms. The molecule has 2 N–H and O–H groups in total. The molecule has 0 aliphatic carbocycles. The third kappa shape index (κ3) is 3.93. The topological polar surface area (TPSA) is 125 Å². The molecule has 1 rings (SSSR count). The van der Waals surface area contributed by atoms with E-state index in [9.17, 15) is 19.5 Å². The predicted molar refractivity (Wildman–Crippen MR) is 75.2 cm³/mol. The van der Waals surface area contributed by atoms with Crippen LogP contribution >= 0.6 is 0 Å². The first kappa shape index (κ1) is 16.9. The monoisotopic (exact) mass is 303 g/mol. The van der Waals surface area contributed by atoms with Crippen molar-refractivity contribution in [3.05, 3.63) is 41.0 Å². The number of nitriles is 1. The normalized spacial score (nSPS) is 10.9. The lowest BCUT2D eigenvalue weighted by atomic mass is 9.95. The molecule has 0 aromatic heterocycles. The maximum absolute atomic E-state index is 11.6. The van der Waals surface area contributed by atoms with Gasteiger partial charge in [0.25, 0.3) is 0 Å². The summed E-state index contributed by atoms with van der Waals surface area (Å²) in [5.74, 6) is -3.77. The highest BCUT2D eigenvalue weighted by molar-refractivity contribution is 6.07. The first-order valence-corrected chi connectivity index (χ1v) is 6.20. The van der Waals surface area contributed by atoms with Crippen LogP contribution in [0.5, 0.6) is 0 Å². The van der Waals surface area contributed by atoms with Crippen molar-refractivity contribution in [1.82, 2.24) is 0 Å². The van der Waals surface area contributed by atoms with E-state index in [0.717, 1.165) is 12.1 Å². The van der Waals surface area contributed by atoms with E-state index >= 15 is 0 Å². The van der Waals surface area contributed by atoms with Gasteiger partial charge in [0.05, 0.1) is 22.8 Å². The number of carboxylic acids is 2. The zero-order valence-electron chi connectivity index (χ0n) is 11.9. The second-order valence-corrected chi connectivity index (χ2v) is 4.49. The van der Waals surface area contributed by atoms with Gasteiger partial charge >= 0.3 is 17.9 Å². The van der Waals surface area contributed by atoms with Crippen molar-refractivity contribution in [1.29, 1.82) is 5.26 Å². The minimum atomic E-state index is -1.51. The van der Waals surface area contributed by atoms with Gasteiger partial charge in [0, 0.05) is 11.6 Å². The van der Waals surface area contributed by atoms with E-state index < -0.39 is 35.1 Å². The van der Waals surface area contributed by atoms with Gasteiger partial charge in [-0.2, -0.15) is 5.26 Å². The highest BCUT2D eigenvalue weighted by atomic mass is 16.5. The van der Waals surface area contributed by atoms with Crippen molar-refractivity contribution >= 4 is 23.5 Å². The van der Waals surface area contributed by atoms with E-state index in [1.165, 1.54) is 12.1 Å². The second kappa shape index (κ2) is 7.04. The summed E-state index contributed by atoms with van der Waals surface area (Å²) in [6.45, 7) is 3.23. The third-order valence-corrected chi connectivity index (χ3v) is 2.53. The summed E-state index contributed by atoms with van der Waals surface area (Å²) in [7, 11) is 0. The van der Waals surface area contributed by atoms with Gasteiger partial charge in [-0.1, -0.05) is 12.1 Å². The Hall–Kier alpha value is -3.14. The molecule has 1 aromatic rings. The van der Waals surface area contributed by atoms with Gasteiger partial charge in [0.2, 0.25) is 0 Å². The number of esters is 1. The van der Waals surface area contributed by atoms with Crippen LogP contribution in [0.2, 0.25) is 0 Å².